The molecule has 0 aliphatic rings. The Bertz CT molecular complexity index is 1130. The predicted octanol–water partition coefficient (Wildman–Crippen LogP) is 14.0. The fourth-order valence-electron chi connectivity index (χ4n) is 6.72. The molecule has 0 saturated carbocycles. The van der Waals surface area contributed by atoms with Gasteiger partial charge in [-0.15, -0.1) is 0 Å². The van der Waals surface area contributed by atoms with Crippen molar-refractivity contribution in [1.82, 2.24) is 5.32 Å². The van der Waals surface area contributed by atoms with Gasteiger partial charge in [-0.3, -0.25) is 9.59 Å². The molecule has 58 heavy (non-hydrogen) atoms. The predicted molar refractivity (Wildman–Crippen MR) is 250 cm³/mol. The quantitative estimate of drug-likeness (QED) is 0.0247. The summed E-state index contributed by atoms with van der Waals surface area (Å²) in [6.45, 7) is 6.19. The maximum Gasteiger partial charge on any atom is 0.306 e. The zero-order chi connectivity index (χ0) is 42.4. The Labute approximate surface area is 357 Å². The number of carbonyl (C=O) groups is 2. The Morgan fingerprint density at radius 3 is 1.62 bits per heavy atom. The fourth-order valence-corrected chi connectivity index (χ4v) is 6.72. The Balaban J connectivity index is 4.72. The number of hydrogen-bond donors (Lipinski definition) is 3. The van der Waals surface area contributed by atoms with E-state index < -0.39 is 18.2 Å². The van der Waals surface area contributed by atoms with Gasteiger partial charge in [-0.05, 0) is 77.0 Å². The summed E-state index contributed by atoms with van der Waals surface area (Å²) in [5.74, 6) is -0.550. The first-order chi connectivity index (χ1) is 28.5. The smallest absolute Gasteiger partial charge is 0.306 e. The summed E-state index contributed by atoms with van der Waals surface area (Å²) in [7, 11) is 0. The van der Waals surface area contributed by atoms with Crippen molar-refractivity contribution in [2.45, 2.75) is 225 Å². The summed E-state index contributed by atoms with van der Waals surface area (Å²) in [6, 6.07) is -0.724. The third-order valence-electron chi connectivity index (χ3n) is 10.3. The molecule has 0 aliphatic carbocycles. The molecule has 3 atom stereocenters. The summed E-state index contributed by atoms with van der Waals surface area (Å²) < 4.78 is 5.88. The van der Waals surface area contributed by atoms with Crippen molar-refractivity contribution < 1.29 is 24.5 Å². The van der Waals surface area contributed by atoms with Crippen LogP contribution >= 0.6 is 0 Å². The van der Waals surface area contributed by atoms with Gasteiger partial charge in [0.15, 0.2) is 0 Å². The number of ether oxygens (including phenoxy) is 1. The molecule has 0 aromatic heterocycles. The first-order valence-corrected chi connectivity index (χ1v) is 23.8. The number of esters is 1. The third kappa shape index (κ3) is 39.8. The lowest BCUT2D eigenvalue weighted by molar-refractivity contribution is -0.151. The van der Waals surface area contributed by atoms with Crippen molar-refractivity contribution in [2.75, 3.05) is 6.61 Å². The lowest BCUT2D eigenvalue weighted by Gasteiger charge is -2.24. The second kappa shape index (κ2) is 45.1. The van der Waals surface area contributed by atoms with Crippen molar-refractivity contribution in [3.8, 4) is 0 Å². The second-order valence-electron chi connectivity index (χ2n) is 15.8. The highest BCUT2D eigenvalue weighted by Crippen LogP contribution is 2.16. The SMILES string of the molecule is CC/C=C/C=C/C=C/CCCCCCCCCC(=O)OC(CCC/C=C/C/C=C/C/C=C/C/C=C/CC)CC(=O)NC(CO)C(O)CCCCCCCCCCCC. The minimum atomic E-state index is -0.806. The molecular formula is C52H89NO5. The number of aliphatic hydroxyl groups excluding tert-OH is 2. The van der Waals surface area contributed by atoms with Crippen LogP contribution in [0.25, 0.3) is 0 Å². The van der Waals surface area contributed by atoms with Crippen LogP contribution in [0.1, 0.15) is 207 Å². The van der Waals surface area contributed by atoms with E-state index in [9.17, 15) is 19.8 Å². The molecule has 0 bridgehead atoms. The molecule has 3 N–H and O–H groups in total. The van der Waals surface area contributed by atoms with Crippen molar-refractivity contribution in [2.24, 2.45) is 0 Å². The van der Waals surface area contributed by atoms with Gasteiger partial charge in [0.1, 0.15) is 6.10 Å². The van der Waals surface area contributed by atoms with Crippen LogP contribution in [0.2, 0.25) is 0 Å². The molecule has 0 heterocycles. The van der Waals surface area contributed by atoms with Crippen LogP contribution in [0.5, 0.6) is 0 Å². The van der Waals surface area contributed by atoms with E-state index in [1.807, 2.05) is 0 Å². The van der Waals surface area contributed by atoms with E-state index >= 15 is 0 Å². The average Bonchev–Trinajstić information content (AvgIpc) is 3.22. The van der Waals surface area contributed by atoms with Crippen molar-refractivity contribution >= 4 is 11.9 Å². The number of carbonyl (C=O) groups excluding carboxylic acids is 2. The number of allylic oxidation sites excluding steroid dienone is 14. The number of hydrogen-bond acceptors (Lipinski definition) is 5. The van der Waals surface area contributed by atoms with Gasteiger partial charge in [0.05, 0.1) is 25.2 Å². The second-order valence-corrected chi connectivity index (χ2v) is 15.8. The summed E-state index contributed by atoms with van der Waals surface area (Å²) >= 11 is 0. The minimum Gasteiger partial charge on any atom is -0.462 e. The Hall–Kier alpha value is -2.96. The van der Waals surface area contributed by atoms with Crippen LogP contribution in [0.15, 0.2) is 85.1 Å². The minimum absolute atomic E-state index is 0.0306. The molecule has 6 heteroatoms. The van der Waals surface area contributed by atoms with Crippen LogP contribution < -0.4 is 5.32 Å². The van der Waals surface area contributed by atoms with Gasteiger partial charge >= 0.3 is 5.97 Å². The van der Waals surface area contributed by atoms with Crippen molar-refractivity contribution in [3.63, 3.8) is 0 Å². The molecule has 0 radical (unpaired) electrons. The van der Waals surface area contributed by atoms with Crippen LogP contribution in [0.3, 0.4) is 0 Å². The molecule has 0 aliphatic heterocycles. The van der Waals surface area contributed by atoms with Gasteiger partial charge in [-0.2, -0.15) is 0 Å². The van der Waals surface area contributed by atoms with E-state index in [-0.39, 0.29) is 24.9 Å². The topological polar surface area (TPSA) is 95.9 Å². The summed E-state index contributed by atoms with van der Waals surface area (Å²) in [6.07, 6.45) is 57.9. The molecule has 6 nitrogen and oxygen atoms in total. The molecular weight excluding hydrogens is 719 g/mol. The van der Waals surface area contributed by atoms with E-state index in [4.69, 9.17) is 4.74 Å². The first kappa shape index (κ1) is 55.0. The van der Waals surface area contributed by atoms with E-state index in [0.29, 0.717) is 19.3 Å². The number of aliphatic hydroxyl groups is 2. The Morgan fingerprint density at radius 2 is 1.03 bits per heavy atom. The van der Waals surface area contributed by atoms with Gasteiger partial charge in [0, 0.05) is 6.42 Å². The van der Waals surface area contributed by atoms with Crippen LogP contribution in [-0.4, -0.2) is 46.9 Å². The molecule has 0 aromatic carbocycles. The number of amides is 1. The van der Waals surface area contributed by atoms with Gasteiger partial charge in [-0.25, -0.2) is 0 Å². The van der Waals surface area contributed by atoms with Crippen LogP contribution in [-0.2, 0) is 14.3 Å². The highest BCUT2D eigenvalue weighted by molar-refractivity contribution is 5.77. The fraction of sp³-hybridized carbons (Fsp3) is 0.692. The molecule has 332 valence electrons. The van der Waals surface area contributed by atoms with Crippen LogP contribution in [0, 0.1) is 0 Å². The third-order valence-corrected chi connectivity index (χ3v) is 10.3. The zero-order valence-corrected chi connectivity index (χ0v) is 37.6. The molecule has 0 spiro atoms. The standard InChI is InChI=1S/C52H89NO5/c1-4-7-10-13-16-19-22-24-26-28-30-33-36-39-42-45-52(57)58-48(43-40-37-34-31-29-27-25-23-20-17-14-11-8-5-2)46-51(56)53-49(47-54)50(55)44-41-38-35-32-21-18-15-12-9-6-3/h7-8,10-11,13,16-17,19-20,22,25,27,31,34,48-50,54-55H,4-6,9,12,14-15,18,21,23-24,26,28-30,32-33,35-47H2,1-3H3,(H,53,56)/b10-7+,11-8+,16-13+,20-17+,22-19+,27-25+,34-31+. The highest BCUT2D eigenvalue weighted by Gasteiger charge is 2.24. The monoisotopic (exact) mass is 808 g/mol. The summed E-state index contributed by atoms with van der Waals surface area (Å²) in [5, 5.41) is 23.6. The molecule has 0 fully saturated rings. The van der Waals surface area contributed by atoms with Gasteiger partial charge in [-0.1, -0.05) is 202 Å². The number of rotatable bonds is 41. The molecule has 3 unspecified atom stereocenters. The Morgan fingerprint density at radius 1 is 0.534 bits per heavy atom. The highest BCUT2D eigenvalue weighted by atomic mass is 16.5. The summed E-state index contributed by atoms with van der Waals surface area (Å²) in [5.41, 5.74) is 0. The maximum atomic E-state index is 13.1. The molecule has 1 amide bonds. The number of nitrogens with one attached hydrogen (secondary N) is 1. The van der Waals surface area contributed by atoms with E-state index in [1.165, 1.54) is 70.6 Å². The van der Waals surface area contributed by atoms with E-state index in [2.05, 4.69) is 111 Å². The maximum absolute atomic E-state index is 13.1. The lowest BCUT2D eigenvalue weighted by atomic mass is 10.0. The summed E-state index contributed by atoms with van der Waals surface area (Å²) in [4.78, 5) is 26.0. The lowest BCUT2D eigenvalue weighted by Crippen LogP contribution is -2.46. The van der Waals surface area contributed by atoms with Gasteiger partial charge in [0.2, 0.25) is 5.91 Å². The first-order valence-electron chi connectivity index (χ1n) is 23.8. The van der Waals surface area contributed by atoms with Crippen molar-refractivity contribution in [3.05, 3.63) is 85.1 Å². The molecule has 0 saturated heterocycles. The zero-order valence-electron chi connectivity index (χ0n) is 37.6. The Kier molecular flexibility index (Phi) is 42.8. The van der Waals surface area contributed by atoms with Crippen LogP contribution in [0.4, 0.5) is 0 Å². The molecule has 0 aromatic rings. The van der Waals surface area contributed by atoms with Crippen molar-refractivity contribution in [1.29, 1.82) is 0 Å². The van der Waals surface area contributed by atoms with Gasteiger partial charge in [0.25, 0.3) is 0 Å². The normalized spacial score (nSPS) is 14.1. The molecule has 0 rings (SSSR count). The largest absolute Gasteiger partial charge is 0.462 e. The van der Waals surface area contributed by atoms with E-state index in [1.54, 1.807) is 0 Å². The van der Waals surface area contributed by atoms with E-state index in [0.717, 1.165) is 89.9 Å². The average molecular weight is 808 g/mol. The van der Waals surface area contributed by atoms with Gasteiger partial charge < -0.3 is 20.3 Å². The number of unbranched alkanes of at least 4 members (excludes halogenated alkanes) is 17.